The molecule has 0 radical (unpaired) electrons. The van der Waals surface area contributed by atoms with Crippen molar-refractivity contribution < 1.29 is 31.1 Å². The first-order chi connectivity index (χ1) is 8.61. The van der Waals surface area contributed by atoms with E-state index in [9.17, 15) is 26.3 Å². The monoisotopic (exact) mass is 304 g/mol. The molecule has 0 aliphatic rings. The molecule has 0 saturated carbocycles. The lowest BCUT2D eigenvalue weighted by atomic mass is 10.1. The van der Waals surface area contributed by atoms with E-state index in [1.54, 1.807) is 0 Å². The van der Waals surface area contributed by atoms with Crippen LogP contribution in [0.5, 0.6) is 5.75 Å². The van der Waals surface area contributed by atoms with Gasteiger partial charge in [-0.15, -0.1) is 11.8 Å². The van der Waals surface area contributed by atoms with E-state index in [1.165, 1.54) is 13.2 Å². The number of thioether (sulfide) groups is 1. The highest BCUT2D eigenvalue weighted by Crippen LogP contribution is 2.45. The van der Waals surface area contributed by atoms with Gasteiger partial charge in [0.2, 0.25) is 0 Å². The molecular formula is C11H10F6OS. The minimum absolute atomic E-state index is 0.0675. The van der Waals surface area contributed by atoms with E-state index >= 15 is 0 Å². The normalized spacial score (nSPS) is 12.6. The number of alkyl halides is 6. The molecule has 0 aliphatic carbocycles. The van der Waals surface area contributed by atoms with Gasteiger partial charge >= 0.3 is 12.4 Å². The molecule has 1 rings (SSSR count). The van der Waals surface area contributed by atoms with Crippen molar-refractivity contribution in [1.29, 1.82) is 0 Å². The number of benzene rings is 1. The number of hydrogen-bond acceptors (Lipinski definition) is 2. The second kappa shape index (κ2) is 5.52. The van der Waals surface area contributed by atoms with Crippen LogP contribution in [0.3, 0.4) is 0 Å². The average molecular weight is 304 g/mol. The van der Waals surface area contributed by atoms with Crippen LogP contribution in [0.15, 0.2) is 17.0 Å². The molecule has 0 atom stereocenters. The molecule has 0 aromatic heterocycles. The van der Waals surface area contributed by atoms with Crippen LogP contribution in [-0.4, -0.2) is 12.9 Å². The fourth-order valence-corrected chi connectivity index (χ4v) is 2.02. The van der Waals surface area contributed by atoms with Crippen LogP contribution < -0.4 is 4.74 Å². The largest absolute Gasteiger partial charge is 0.492 e. The number of hydrogen-bond donors (Lipinski definition) is 0. The first-order valence-corrected chi connectivity index (χ1v) is 6.33. The van der Waals surface area contributed by atoms with Crippen molar-refractivity contribution in [3.63, 3.8) is 0 Å². The highest BCUT2D eigenvalue weighted by atomic mass is 32.2. The highest BCUT2D eigenvalue weighted by Gasteiger charge is 2.40. The molecule has 0 heterocycles. The average Bonchev–Trinajstić information content (AvgIpc) is 2.26. The molecule has 0 aliphatic heterocycles. The Labute approximate surface area is 109 Å². The molecule has 1 aromatic rings. The van der Waals surface area contributed by atoms with Gasteiger partial charge in [0.15, 0.2) is 0 Å². The Balaban J connectivity index is 3.55. The Bertz CT molecular complexity index is 452. The molecule has 0 N–H and O–H groups in total. The third-order valence-corrected chi connectivity index (χ3v) is 2.94. The molecule has 19 heavy (non-hydrogen) atoms. The van der Waals surface area contributed by atoms with Gasteiger partial charge < -0.3 is 4.74 Å². The van der Waals surface area contributed by atoms with Crippen LogP contribution in [0.1, 0.15) is 18.1 Å². The fourth-order valence-electron chi connectivity index (χ4n) is 1.42. The lowest BCUT2D eigenvalue weighted by Gasteiger charge is -2.18. The highest BCUT2D eigenvalue weighted by molar-refractivity contribution is 7.98. The summed E-state index contributed by atoms with van der Waals surface area (Å²) in [6.07, 6.45) is -8.36. The molecule has 0 unspecified atom stereocenters. The summed E-state index contributed by atoms with van der Waals surface area (Å²) in [5.41, 5.74) is -2.75. The minimum Gasteiger partial charge on any atom is -0.492 e. The first kappa shape index (κ1) is 16.0. The second-order valence-corrected chi connectivity index (χ2v) is 4.33. The van der Waals surface area contributed by atoms with Crippen molar-refractivity contribution >= 4 is 11.8 Å². The lowest BCUT2D eigenvalue weighted by molar-refractivity contribution is -0.144. The van der Waals surface area contributed by atoms with Crippen molar-refractivity contribution in [2.45, 2.75) is 24.2 Å². The Morgan fingerprint density at radius 2 is 1.63 bits per heavy atom. The van der Waals surface area contributed by atoms with Gasteiger partial charge in [0.25, 0.3) is 0 Å². The van der Waals surface area contributed by atoms with Gasteiger partial charge in [-0.25, -0.2) is 0 Å². The van der Waals surface area contributed by atoms with E-state index in [0.29, 0.717) is 6.07 Å². The van der Waals surface area contributed by atoms with Crippen molar-refractivity contribution in [2.24, 2.45) is 0 Å². The zero-order valence-electron chi connectivity index (χ0n) is 9.95. The molecule has 0 spiro atoms. The van der Waals surface area contributed by atoms with Gasteiger partial charge in [-0.3, -0.25) is 0 Å². The summed E-state index contributed by atoms with van der Waals surface area (Å²) >= 11 is 0.771. The molecule has 108 valence electrons. The summed E-state index contributed by atoms with van der Waals surface area (Å²) in [5, 5.41) is 0. The summed E-state index contributed by atoms with van der Waals surface area (Å²) in [6.45, 7) is 1.39. The fraction of sp³-hybridized carbons (Fsp3) is 0.455. The smallest absolute Gasteiger partial charge is 0.420 e. The summed E-state index contributed by atoms with van der Waals surface area (Å²) in [5.74, 6) is -0.560. The molecular weight excluding hydrogens is 294 g/mol. The zero-order chi connectivity index (χ0) is 14.8. The van der Waals surface area contributed by atoms with Crippen LogP contribution in [-0.2, 0) is 12.4 Å². The van der Waals surface area contributed by atoms with Gasteiger partial charge in [0.05, 0.1) is 22.6 Å². The van der Waals surface area contributed by atoms with E-state index in [4.69, 9.17) is 4.74 Å². The third kappa shape index (κ3) is 3.71. The van der Waals surface area contributed by atoms with Gasteiger partial charge in [-0.1, -0.05) is 0 Å². The van der Waals surface area contributed by atoms with Gasteiger partial charge in [-0.2, -0.15) is 26.3 Å². The molecule has 0 amide bonds. The maximum atomic E-state index is 12.8. The van der Waals surface area contributed by atoms with Gasteiger partial charge in [0.1, 0.15) is 5.75 Å². The quantitative estimate of drug-likeness (QED) is 0.583. The molecule has 0 saturated heterocycles. The molecule has 0 bridgehead atoms. The Morgan fingerprint density at radius 1 is 1.05 bits per heavy atom. The summed E-state index contributed by atoms with van der Waals surface area (Å²) < 4.78 is 81.0. The molecule has 8 heteroatoms. The van der Waals surface area contributed by atoms with Crippen LogP contribution in [0.2, 0.25) is 0 Å². The van der Waals surface area contributed by atoms with Crippen molar-refractivity contribution in [2.75, 3.05) is 12.9 Å². The molecule has 1 aromatic carbocycles. The Kier molecular flexibility index (Phi) is 4.65. The van der Waals surface area contributed by atoms with Crippen molar-refractivity contribution in [3.05, 3.63) is 23.3 Å². The SMILES string of the molecule is CCOc1c(SC)cc(C(F)(F)F)cc1C(F)(F)F. The molecule has 1 nitrogen and oxygen atoms in total. The van der Waals surface area contributed by atoms with Crippen molar-refractivity contribution in [1.82, 2.24) is 0 Å². The van der Waals surface area contributed by atoms with E-state index in [2.05, 4.69) is 0 Å². The van der Waals surface area contributed by atoms with Crippen LogP contribution in [0.25, 0.3) is 0 Å². The van der Waals surface area contributed by atoms with Crippen molar-refractivity contribution in [3.8, 4) is 5.75 Å². The van der Waals surface area contributed by atoms with E-state index < -0.39 is 29.2 Å². The number of halogens is 6. The minimum atomic E-state index is -4.91. The Hall–Kier alpha value is -1.05. The zero-order valence-corrected chi connectivity index (χ0v) is 10.8. The summed E-state index contributed by atoms with van der Waals surface area (Å²) in [7, 11) is 0. The van der Waals surface area contributed by atoms with E-state index in [0.717, 1.165) is 11.8 Å². The topological polar surface area (TPSA) is 9.23 Å². The standard InChI is InChI=1S/C11H10F6OS/c1-3-18-9-7(11(15,16)17)4-6(10(12,13)14)5-8(9)19-2/h4-5H,3H2,1-2H3. The summed E-state index contributed by atoms with van der Waals surface area (Å²) in [4.78, 5) is -0.191. The van der Waals surface area contributed by atoms with Crippen LogP contribution >= 0.6 is 11.8 Å². The maximum absolute atomic E-state index is 12.8. The molecule has 0 fully saturated rings. The predicted molar refractivity (Wildman–Crippen MR) is 59.4 cm³/mol. The van der Waals surface area contributed by atoms with Gasteiger partial charge in [-0.05, 0) is 25.3 Å². The van der Waals surface area contributed by atoms with E-state index in [-0.39, 0.29) is 17.6 Å². The number of ether oxygens (including phenoxy) is 1. The Morgan fingerprint density at radius 3 is 2.00 bits per heavy atom. The predicted octanol–water partition coefficient (Wildman–Crippen LogP) is 4.84. The van der Waals surface area contributed by atoms with Crippen LogP contribution in [0, 0.1) is 0 Å². The lowest BCUT2D eigenvalue weighted by Crippen LogP contribution is -2.13. The summed E-state index contributed by atoms with van der Waals surface area (Å²) in [6, 6.07) is 0.732. The second-order valence-electron chi connectivity index (χ2n) is 3.48. The van der Waals surface area contributed by atoms with Gasteiger partial charge in [0, 0.05) is 0 Å². The van der Waals surface area contributed by atoms with E-state index in [1.807, 2.05) is 0 Å². The number of rotatable bonds is 3. The third-order valence-electron chi connectivity index (χ3n) is 2.20. The van der Waals surface area contributed by atoms with Crippen LogP contribution in [0.4, 0.5) is 26.3 Å². The first-order valence-electron chi connectivity index (χ1n) is 5.10. The maximum Gasteiger partial charge on any atom is 0.420 e.